The zero-order valence-corrected chi connectivity index (χ0v) is 15.8. The third-order valence-electron chi connectivity index (χ3n) is 4.90. The molecule has 2 aliphatic heterocycles. The minimum absolute atomic E-state index is 0.142. The Kier molecular flexibility index (Phi) is 5.06. The molecule has 4 rings (SSSR count). The Hall–Kier alpha value is -3.22. The fourth-order valence-corrected chi connectivity index (χ4v) is 3.49. The molecule has 28 heavy (non-hydrogen) atoms. The Morgan fingerprint density at radius 3 is 2.71 bits per heavy atom. The molecule has 7 heteroatoms. The number of nitrogens with one attached hydrogen (secondary N) is 2. The number of anilines is 2. The molecule has 3 amide bonds. The lowest BCUT2D eigenvalue weighted by atomic mass is 10.1. The van der Waals surface area contributed by atoms with Crippen molar-refractivity contribution in [2.24, 2.45) is 0 Å². The molecule has 0 unspecified atom stereocenters. The number of amides is 3. The lowest BCUT2D eigenvalue weighted by molar-refractivity contribution is -0.118. The van der Waals surface area contributed by atoms with Crippen LogP contribution in [0, 0.1) is 0 Å². The molecule has 0 spiro atoms. The molecule has 0 aromatic heterocycles. The van der Waals surface area contributed by atoms with E-state index in [9.17, 15) is 9.59 Å². The fraction of sp³-hybridized carbons (Fsp3) is 0.333. The Bertz CT molecular complexity index is 913. The average molecular weight is 381 g/mol. The standard InChI is InChI=1S/C21H23N3O4/c1-2-20(25)24-8-7-15-11-14(3-5-17(15)24)13-22-21(26)23-16-4-6-18-19(12-16)28-10-9-27-18/h3-6,11-12H,2,7-10,13H2,1H3,(H2,22,23,26). The van der Waals surface area contributed by atoms with Crippen LogP contribution in [-0.4, -0.2) is 31.7 Å². The highest BCUT2D eigenvalue weighted by Gasteiger charge is 2.23. The maximum absolute atomic E-state index is 12.2. The highest BCUT2D eigenvalue weighted by atomic mass is 16.6. The van der Waals surface area contributed by atoms with Crippen LogP contribution in [0.3, 0.4) is 0 Å². The normalized spacial score (nSPS) is 14.4. The summed E-state index contributed by atoms with van der Waals surface area (Å²) < 4.78 is 11.0. The van der Waals surface area contributed by atoms with Crippen molar-refractivity contribution in [2.75, 3.05) is 30.0 Å². The summed E-state index contributed by atoms with van der Waals surface area (Å²) >= 11 is 0. The minimum atomic E-state index is -0.292. The number of ether oxygens (including phenoxy) is 2. The van der Waals surface area contributed by atoms with Crippen LogP contribution < -0.4 is 25.0 Å². The summed E-state index contributed by atoms with van der Waals surface area (Å²) in [5.41, 5.74) is 3.77. The number of urea groups is 1. The molecule has 0 saturated carbocycles. The van der Waals surface area contributed by atoms with Crippen LogP contribution in [0.15, 0.2) is 36.4 Å². The van der Waals surface area contributed by atoms with E-state index in [0.717, 1.165) is 29.8 Å². The number of carbonyl (C=O) groups is 2. The number of fused-ring (bicyclic) bond motifs is 2. The summed E-state index contributed by atoms with van der Waals surface area (Å²) in [7, 11) is 0. The molecule has 0 atom stereocenters. The van der Waals surface area contributed by atoms with Crippen molar-refractivity contribution in [3.63, 3.8) is 0 Å². The van der Waals surface area contributed by atoms with Gasteiger partial charge in [0, 0.05) is 37.0 Å². The van der Waals surface area contributed by atoms with Gasteiger partial charge in [-0.25, -0.2) is 4.79 Å². The molecule has 146 valence electrons. The van der Waals surface area contributed by atoms with Gasteiger partial charge in [0.25, 0.3) is 0 Å². The van der Waals surface area contributed by atoms with Crippen molar-refractivity contribution in [3.05, 3.63) is 47.5 Å². The van der Waals surface area contributed by atoms with E-state index in [2.05, 4.69) is 16.7 Å². The smallest absolute Gasteiger partial charge is 0.319 e. The van der Waals surface area contributed by atoms with Gasteiger partial charge < -0.3 is 25.0 Å². The van der Waals surface area contributed by atoms with E-state index in [-0.39, 0.29) is 11.9 Å². The molecule has 2 N–H and O–H groups in total. The highest BCUT2D eigenvalue weighted by molar-refractivity contribution is 5.95. The van der Waals surface area contributed by atoms with Gasteiger partial charge >= 0.3 is 6.03 Å². The maximum Gasteiger partial charge on any atom is 0.319 e. The second-order valence-electron chi connectivity index (χ2n) is 6.78. The average Bonchev–Trinajstić information content (AvgIpc) is 3.15. The third-order valence-corrected chi connectivity index (χ3v) is 4.90. The Labute approximate surface area is 163 Å². The van der Waals surface area contributed by atoms with Gasteiger partial charge in [0.05, 0.1) is 0 Å². The van der Waals surface area contributed by atoms with Crippen molar-refractivity contribution in [1.29, 1.82) is 0 Å². The highest BCUT2D eigenvalue weighted by Crippen LogP contribution is 2.32. The second-order valence-corrected chi connectivity index (χ2v) is 6.78. The largest absolute Gasteiger partial charge is 0.486 e. The third kappa shape index (κ3) is 3.74. The van der Waals surface area contributed by atoms with E-state index in [1.807, 2.05) is 24.0 Å². The van der Waals surface area contributed by atoms with Crippen molar-refractivity contribution in [1.82, 2.24) is 5.32 Å². The van der Waals surface area contributed by atoms with E-state index >= 15 is 0 Å². The van der Waals surface area contributed by atoms with Crippen LogP contribution in [0.25, 0.3) is 0 Å². The summed E-state index contributed by atoms with van der Waals surface area (Å²) in [6.45, 7) is 4.04. The van der Waals surface area contributed by atoms with Crippen molar-refractivity contribution in [2.45, 2.75) is 26.3 Å². The van der Waals surface area contributed by atoms with Crippen LogP contribution in [-0.2, 0) is 17.8 Å². The van der Waals surface area contributed by atoms with Gasteiger partial charge in [0.2, 0.25) is 5.91 Å². The molecule has 2 aromatic rings. The first-order valence-electron chi connectivity index (χ1n) is 9.50. The Morgan fingerprint density at radius 1 is 1.07 bits per heavy atom. The molecule has 2 aliphatic rings. The first-order chi connectivity index (χ1) is 13.6. The molecular formula is C21H23N3O4. The molecule has 0 bridgehead atoms. The number of carbonyl (C=O) groups excluding carboxylic acids is 2. The van der Waals surface area contributed by atoms with Crippen LogP contribution in [0.1, 0.15) is 24.5 Å². The predicted molar refractivity (Wildman–Crippen MR) is 106 cm³/mol. The molecule has 0 saturated heterocycles. The minimum Gasteiger partial charge on any atom is -0.486 e. The monoisotopic (exact) mass is 381 g/mol. The fourth-order valence-electron chi connectivity index (χ4n) is 3.49. The van der Waals surface area contributed by atoms with Gasteiger partial charge in [-0.1, -0.05) is 19.1 Å². The van der Waals surface area contributed by atoms with E-state index in [1.165, 1.54) is 0 Å². The SMILES string of the molecule is CCC(=O)N1CCc2cc(CNC(=O)Nc3ccc4c(c3)OCCO4)ccc21. The molecule has 7 nitrogen and oxygen atoms in total. The molecule has 2 heterocycles. The summed E-state index contributed by atoms with van der Waals surface area (Å²) in [6, 6.07) is 11.0. The maximum atomic E-state index is 12.2. The summed E-state index contributed by atoms with van der Waals surface area (Å²) in [6.07, 6.45) is 1.35. The van der Waals surface area contributed by atoms with Crippen LogP contribution >= 0.6 is 0 Å². The van der Waals surface area contributed by atoms with Crippen molar-refractivity contribution < 1.29 is 19.1 Å². The first-order valence-corrected chi connectivity index (χ1v) is 9.50. The zero-order valence-electron chi connectivity index (χ0n) is 15.8. The van der Waals surface area contributed by atoms with Gasteiger partial charge in [-0.05, 0) is 35.7 Å². The second kappa shape index (κ2) is 7.80. The van der Waals surface area contributed by atoms with Gasteiger partial charge in [-0.15, -0.1) is 0 Å². The van der Waals surface area contributed by atoms with Crippen LogP contribution in [0.2, 0.25) is 0 Å². The van der Waals surface area contributed by atoms with Gasteiger partial charge in [-0.3, -0.25) is 4.79 Å². The number of hydrogen-bond donors (Lipinski definition) is 2. The van der Waals surface area contributed by atoms with Crippen LogP contribution in [0.4, 0.5) is 16.2 Å². The van der Waals surface area contributed by atoms with E-state index in [0.29, 0.717) is 43.4 Å². The number of rotatable bonds is 4. The molecule has 0 radical (unpaired) electrons. The Morgan fingerprint density at radius 2 is 1.89 bits per heavy atom. The van der Waals surface area contributed by atoms with Crippen molar-refractivity contribution in [3.8, 4) is 11.5 Å². The Balaban J connectivity index is 1.35. The molecule has 2 aromatic carbocycles. The lowest BCUT2D eigenvalue weighted by Gasteiger charge is -2.19. The molecular weight excluding hydrogens is 358 g/mol. The predicted octanol–water partition coefficient (Wildman–Crippen LogP) is 3.08. The quantitative estimate of drug-likeness (QED) is 0.853. The number of benzene rings is 2. The van der Waals surface area contributed by atoms with E-state index < -0.39 is 0 Å². The van der Waals surface area contributed by atoms with Crippen LogP contribution in [0.5, 0.6) is 11.5 Å². The van der Waals surface area contributed by atoms with E-state index in [1.54, 1.807) is 18.2 Å². The topological polar surface area (TPSA) is 79.9 Å². The van der Waals surface area contributed by atoms with Gasteiger partial charge in [0.15, 0.2) is 11.5 Å². The summed E-state index contributed by atoms with van der Waals surface area (Å²) in [5, 5.41) is 5.67. The molecule has 0 aliphatic carbocycles. The number of hydrogen-bond acceptors (Lipinski definition) is 4. The van der Waals surface area contributed by atoms with Crippen molar-refractivity contribution >= 4 is 23.3 Å². The molecule has 0 fully saturated rings. The summed E-state index contributed by atoms with van der Waals surface area (Å²) in [4.78, 5) is 26.0. The summed E-state index contributed by atoms with van der Waals surface area (Å²) in [5.74, 6) is 1.46. The van der Waals surface area contributed by atoms with Gasteiger partial charge in [-0.2, -0.15) is 0 Å². The number of nitrogens with zero attached hydrogens (tertiary/aromatic N) is 1. The van der Waals surface area contributed by atoms with Gasteiger partial charge in [0.1, 0.15) is 13.2 Å². The first kappa shape index (κ1) is 18.2. The zero-order chi connectivity index (χ0) is 19.5. The van der Waals surface area contributed by atoms with E-state index in [4.69, 9.17) is 9.47 Å². The lowest BCUT2D eigenvalue weighted by Crippen LogP contribution is -2.28.